The largest absolute Gasteiger partial charge is 0.367 e. The summed E-state index contributed by atoms with van der Waals surface area (Å²) in [6, 6.07) is 0.509. The Kier molecular flexibility index (Phi) is 4.90. The van der Waals surface area contributed by atoms with Gasteiger partial charge >= 0.3 is 0 Å². The van der Waals surface area contributed by atoms with Crippen LogP contribution in [0.25, 0.3) is 0 Å². The lowest BCUT2D eigenvalue weighted by molar-refractivity contribution is -0.0450. The average molecular weight is 268 g/mol. The highest BCUT2D eigenvalue weighted by molar-refractivity contribution is 4.95. The molecular formula is C13H24N4O2. The van der Waals surface area contributed by atoms with Crippen LogP contribution in [-0.4, -0.2) is 47.3 Å². The topological polar surface area (TPSA) is 77.4 Å². The molecular weight excluding hydrogens is 244 g/mol. The minimum Gasteiger partial charge on any atom is -0.367 e. The predicted octanol–water partition coefficient (Wildman–Crippen LogP) is 0.989. The quantitative estimate of drug-likeness (QED) is 0.858. The fourth-order valence-electron chi connectivity index (χ4n) is 2.16. The highest BCUT2D eigenvalue weighted by Gasteiger charge is 2.27. The number of hydrogen-bond donors (Lipinski definition) is 1. The molecule has 108 valence electrons. The molecule has 2 rings (SSSR count). The molecule has 2 atom stereocenters. The summed E-state index contributed by atoms with van der Waals surface area (Å²) in [4.78, 5) is 6.80. The van der Waals surface area contributed by atoms with Crippen LogP contribution in [0, 0.1) is 5.92 Å². The summed E-state index contributed by atoms with van der Waals surface area (Å²) >= 11 is 0. The molecule has 0 bridgehead atoms. The monoisotopic (exact) mass is 268 g/mol. The summed E-state index contributed by atoms with van der Waals surface area (Å²) in [5.74, 6) is 1.66. The van der Waals surface area contributed by atoms with Crippen molar-refractivity contribution in [3.8, 4) is 0 Å². The number of rotatable bonds is 5. The first kappa shape index (κ1) is 14.4. The molecule has 0 amide bonds. The number of nitrogens with zero attached hydrogens (tertiary/aromatic N) is 3. The van der Waals surface area contributed by atoms with Gasteiger partial charge in [0, 0.05) is 25.6 Å². The Labute approximate surface area is 114 Å². The molecule has 0 radical (unpaired) electrons. The molecule has 19 heavy (non-hydrogen) atoms. The van der Waals surface area contributed by atoms with E-state index in [0.717, 1.165) is 19.5 Å². The maximum absolute atomic E-state index is 5.74. The SMILES string of the molecule is CC(CN)Cc1nc(C2CN(C(C)C)CCO2)no1. The van der Waals surface area contributed by atoms with Crippen LogP contribution in [0.4, 0.5) is 0 Å². The van der Waals surface area contributed by atoms with Gasteiger partial charge in [0.15, 0.2) is 0 Å². The molecule has 6 nitrogen and oxygen atoms in total. The van der Waals surface area contributed by atoms with Gasteiger partial charge in [-0.15, -0.1) is 0 Å². The molecule has 2 N–H and O–H groups in total. The van der Waals surface area contributed by atoms with Gasteiger partial charge in [-0.3, -0.25) is 4.90 Å². The Hall–Kier alpha value is -0.980. The van der Waals surface area contributed by atoms with E-state index < -0.39 is 0 Å². The van der Waals surface area contributed by atoms with E-state index in [2.05, 4.69) is 35.8 Å². The second kappa shape index (κ2) is 6.45. The summed E-state index contributed by atoms with van der Waals surface area (Å²) < 4.78 is 11.0. The second-order valence-corrected chi connectivity index (χ2v) is 5.54. The van der Waals surface area contributed by atoms with Crippen LogP contribution in [-0.2, 0) is 11.2 Å². The van der Waals surface area contributed by atoms with E-state index in [1.54, 1.807) is 0 Å². The maximum atomic E-state index is 5.74. The Morgan fingerprint density at radius 1 is 1.42 bits per heavy atom. The van der Waals surface area contributed by atoms with Crippen molar-refractivity contribution in [1.29, 1.82) is 0 Å². The Balaban J connectivity index is 1.97. The molecule has 1 aromatic rings. The van der Waals surface area contributed by atoms with Crippen LogP contribution in [0.3, 0.4) is 0 Å². The number of ether oxygens (including phenoxy) is 1. The minimum atomic E-state index is -0.0816. The average Bonchev–Trinajstić information content (AvgIpc) is 2.87. The van der Waals surface area contributed by atoms with Gasteiger partial charge in [-0.1, -0.05) is 12.1 Å². The van der Waals surface area contributed by atoms with Crippen molar-refractivity contribution < 1.29 is 9.26 Å². The third kappa shape index (κ3) is 3.75. The molecule has 0 spiro atoms. The smallest absolute Gasteiger partial charge is 0.227 e. The number of hydrogen-bond acceptors (Lipinski definition) is 6. The molecule has 1 aliphatic heterocycles. The van der Waals surface area contributed by atoms with E-state index >= 15 is 0 Å². The van der Waals surface area contributed by atoms with Crippen LogP contribution >= 0.6 is 0 Å². The first-order valence-corrected chi connectivity index (χ1v) is 6.98. The van der Waals surface area contributed by atoms with Crippen LogP contribution in [0.5, 0.6) is 0 Å². The first-order valence-electron chi connectivity index (χ1n) is 6.98. The lowest BCUT2D eigenvalue weighted by Gasteiger charge is -2.34. The molecule has 1 aliphatic rings. The van der Waals surface area contributed by atoms with Gasteiger partial charge in [-0.25, -0.2) is 0 Å². The zero-order valence-electron chi connectivity index (χ0n) is 12.0. The van der Waals surface area contributed by atoms with Crippen molar-refractivity contribution in [3.63, 3.8) is 0 Å². The van der Waals surface area contributed by atoms with E-state index in [1.807, 2.05) is 0 Å². The molecule has 6 heteroatoms. The fourth-order valence-corrected chi connectivity index (χ4v) is 2.16. The Morgan fingerprint density at radius 3 is 2.89 bits per heavy atom. The molecule has 1 aromatic heterocycles. The standard InChI is InChI=1S/C13H24N4O2/c1-9(2)17-4-5-18-11(8-17)13-15-12(19-16-13)6-10(3)7-14/h9-11H,4-8,14H2,1-3H3. The lowest BCUT2D eigenvalue weighted by Crippen LogP contribution is -2.42. The van der Waals surface area contributed by atoms with Gasteiger partial charge < -0.3 is 15.0 Å². The third-order valence-corrected chi connectivity index (χ3v) is 3.53. The van der Waals surface area contributed by atoms with E-state index in [0.29, 0.717) is 36.8 Å². The van der Waals surface area contributed by atoms with Crippen LogP contribution in [0.15, 0.2) is 4.52 Å². The van der Waals surface area contributed by atoms with Crippen molar-refractivity contribution in [1.82, 2.24) is 15.0 Å². The van der Waals surface area contributed by atoms with Gasteiger partial charge in [-0.05, 0) is 26.3 Å². The zero-order valence-corrected chi connectivity index (χ0v) is 12.0. The molecule has 1 fully saturated rings. The number of aromatic nitrogens is 2. The Morgan fingerprint density at radius 2 is 2.21 bits per heavy atom. The van der Waals surface area contributed by atoms with Crippen molar-refractivity contribution in [2.75, 3.05) is 26.2 Å². The number of morpholine rings is 1. The van der Waals surface area contributed by atoms with Gasteiger partial charge in [0.2, 0.25) is 11.7 Å². The minimum absolute atomic E-state index is 0.0816. The van der Waals surface area contributed by atoms with Gasteiger partial charge in [-0.2, -0.15) is 4.98 Å². The van der Waals surface area contributed by atoms with Gasteiger partial charge in [0.25, 0.3) is 0 Å². The summed E-state index contributed by atoms with van der Waals surface area (Å²) in [6.45, 7) is 9.57. The van der Waals surface area contributed by atoms with Gasteiger partial charge in [0.05, 0.1) is 6.61 Å². The summed E-state index contributed by atoms with van der Waals surface area (Å²) in [5.41, 5.74) is 5.60. The highest BCUT2D eigenvalue weighted by atomic mass is 16.5. The van der Waals surface area contributed by atoms with Crippen LogP contribution < -0.4 is 5.73 Å². The van der Waals surface area contributed by atoms with Crippen molar-refractivity contribution >= 4 is 0 Å². The van der Waals surface area contributed by atoms with Crippen molar-refractivity contribution in [3.05, 3.63) is 11.7 Å². The highest BCUT2D eigenvalue weighted by Crippen LogP contribution is 2.21. The molecule has 0 aliphatic carbocycles. The summed E-state index contributed by atoms with van der Waals surface area (Å²) in [7, 11) is 0. The zero-order chi connectivity index (χ0) is 13.8. The van der Waals surface area contributed by atoms with E-state index in [9.17, 15) is 0 Å². The molecule has 0 aromatic carbocycles. The van der Waals surface area contributed by atoms with Gasteiger partial charge in [0.1, 0.15) is 6.10 Å². The molecule has 2 heterocycles. The fraction of sp³-hybridized carbons (Fsp3) is 0.846. The number of nitrogens with two attached hydrogens (primary N) is 1. The first-order chi connectivity index (χ1) is 9.10. The third-order valence-electron chi connectivity index (χ3n) is 3.53. The summed E-state index contributed by atoms with van der Waals surface area (Å²) in [6.07, 6.45) is 0.645. The molecule has 2 unspecified atom stereocenters. The van der Waals surface area contributed by atoms with Crippen molar-refractivity contribution in [2.24, 2.45) is 11.7 Å². The second-order valence-electron chi connectivity index (χ2n) is 5.54. The maximum Gasteiger partial charge on any atom is 0.227 e. The van der Waals surface area contributed by atoms with Crippen LogP contribution in [0.1, 0.15) is 38.6 Å². The lowest BCUT2D eigenvalue weighted by atomic mass is 10.1. The van der Waals surface area contributed by atoms with Crippen LogP contribution in [0.2, 0.25) is 0 Å². The normalized spacial score (nSPS) is 22.9. The Bertz CT molecular complexity index is 394. The van der Waals surface area contributed by atoms with E-state index in [1.165, 1.54) is 0 Å². The summed E-state index contributed by atoms with van der Waals surface area (Å²) in [5, 5.41) is 4.04. The van der Waals surface area contributed by atoms with E-state index in [4.69, 9.17) is 15.0 Å². The van der Waals surface area contributed by atoms with E-state index in [-0.39, 0.29) is 6.10 Å². The molecule has 0 saturated carbocycles. The van der Waals surface area contributed by atoms with Crippen molar-refractivity contribution in [2.45, 2.75) is 39.3 Å². The molecule has 1 saturated heterocycles. The predicted molar refractivity (Wildman–Crippen MR) is 71.6 cm³/mol.